The fourth-order valence-corrected chi connectivity index (χ4v) is 3.66. The molecule has 2 aromatic rings. The molecule has 1 aliphatic heterocycles. The van der Waals surface area contributed by atoms with E-state index < -0.39 is 0 Å². The Morgan fingerprint density at radius 1 is 0.931 bits per heavy atom. The molecule has 0 aliphatic carbocycles. The van der Waals surface area contributed by atoms with E-state index in [2.05, 4.69) is 24.1 Å². The summed E-state index contributed by atoms with van der Waals surface area (Å²) in [4.78, 5) is 29.9. The summed E-state index contributed by atoms with van der Waals surface area (Å²) in [5, 5.41) is 2.93. The second kappa shape index (κ2) is 11.0. The Balaban J connectivity index is 0.00000300. The molecule has 2 amide bonds. The largest absolute Gasteiger partial charge is 0.320 e. The molecule has 1 N–H and O–H groups in total. The zero-order valence-corrected chi connectivity index (χ0v) is 18.0. The van der Waals surface area contributed by atoms with E-state index in [1.807, 2.05) is 42.5 Å². The molecule has 1 aliphatic rings. The number of halogens is 1. The Bertz CT molecular complexity index is 836. The lowest BCUT2D eigenvalue weighted by Crippen LogP contribution is -2.26. The number of fused-ring (bicyclic) bond motifs is 2. The number of unbranched alkanes of at least 4 members (excludes halogenated alkanes) is 2. The van der Waals surface area contributed by atoms with Gasteiger partial charge in [-0.2, -0.15) is 0 Å². The molecule has 0 fully saturated rings. The van der Waals surface area contributed by atoms with Gasteiger partial charge in [0.25, 0.3) is 5.91 Å². The van der Waals surface area contributed by atoms with Crippen molar-refractivity contribution in [1.29, 1.82) is 0 Å². The molecule has 0 aromatic heterocycles. The van der Waals surface area contributed by atoms with Gasteiger partial charge in [-0.1, -0.05) is 44.5 Å². The molecule has 0 bridgehead atoms. The first-order chi connectivity index (χ1) is 13.7. The Kier molecular flexibility index (Phi) is 8.68. The van der Waals surface area contributed by atoms with Gasteiger partial charge in [0.2, 0.25) is 5.91 Å². The van der Waals surface area contributed by atoms with Crippen molar-refractivity contribution >= 4 is 41.3 Å². The third-order valence-electron chi connectivity index (χ3n) is 5.29. The number of nitrogens with one attached hydrogen (secondary N) is 1. The van der Waals surface area contributed by atoms with E-state index in [1.165, 1.54) is 0 Å². The van der Waals surface area contributed by atoms with Crippen LogP contribution in [0.15, 0.2) is 48.5 Å². The van der Waals surface area contributed by atoms with Crippen LogP contribution in [0.3, 0.4) is 0 Å². The Morgan fingerprint density at radius 2 is 1.59 bits per heavy atom. The average molecular weight is 416 g/mol. The molecular weight excluding hydrogens is 386 g/mol. The smallest absolute Gasteiger partial charge is 0.257 e. The number of carbonyl (C=O) groups excluding carboxylic acids is 2. The maximum absolute atomic E-state index is 13.2. The molecule has 1 heterocycles. The summed E-state index contributed by atoms with van der Waals surface area (Å²) in [6.07, 6.45) is 3.44. The quantitative estimate of drug-likeness (QED) is 0.599. The van der Waals surface area contributed by atoms with Crippen molar-refractivity contribution in [2.24, 2.45) is 0 Å². The monoisotopic (exact) mass is 415 g/mol. The standard InChI is InChI=1S/C23H29N3O2.ClH/c1-3-25(4-2)17-11-5-6-16-22(27)26-20-14-9-7-12-18(20)23(28)24-19-13-8-10-15-21(19)26;/h7-10,12-15H,3-6,11,16-17H2,1-2H3,(H,24,28);1H. The van der Waals surface area contributed by atoms with Crippen LogP contribution in [0.5, 0.6) is 0 Å². The molecule has 0 atom stereocenters. The van der Waals surface area contributed by atoms with Crippen molar-refractivity contribution < 1.29 is 9.59 Å². The van der Waals surface area contributed by atoms with Gasteiger partial charge in [0, 0.05) is 6.42 Å². The highest BCUT2D eigenvalue weighted by Crippen LogP contribution is 2.38. The molecule has 29 heavy (non-hydrogen) atoms. The van der Waals surface area contributed by atoms with E-state index in [-0.39, 0.29) is 24.2 Å². The van der Waals surface area contributed by atoms with Gasteiger partial charge in [-0.15, -0.1) is 12.4 Å². The summed E-state index contributed by atoms with van der Waals surface area (Å²) in [7, 11) is 0. The summed E-state index contributed by atoms with van der Waals surface area (Å²) >= 11 is 0. The summed E-state index contributed by atoms with van der Waals surface area (Å²) < 4.78 is 0. The van der Waals surface area contributed by atoms with Crippen LogP contribution in [0.1, 0.15) is 49.9 Å². The van der Waals surface area contributed by atoms with Crippen LogP contribution < -0.4 is 10.2 Å². The Morgan fingerprint density at radius 3 is 2.31 bits per heavy atom. The normalized spacial score (nSPS) is 12.5. The van der Waals surface area contributed by atoms with Crippen molar-refractivity contribution in [2.75, 3.05) is 29.9 Å². The fourth-order valence-electron chi connectivity index (χ4n) is 3.66. The lowest BCUT2D eigenvalue weighted by Gasteiger charge is -2.24. The second-order valence-electron chi connectivity index (χ2n) is 7.06. The molecule has 156 valence electrons. The fraction of sp³-hybridized carbons (Fsp3) is 0.391. The van der Waals surface area contributed by atoms with Gasteiger partial charge in [0.05, 0.1) is 22.6 Å². The van der Waals surface area contributed by atoms with Crippen LogP contribution in [-0.2, 0) is 4.79 Å². The lowest BCUT2D eigenvalue weighted by atomic mass is 10.1. The van der Waals surface area contributed by atoms with Crippen molar-refractivity contribution in [2.45, 2.75) is 39.5 Å². The summed E-state index contributed by atoms with van der Waals surface area (Å²) in [5.41, 5.74) is 2.57. The molecule has 2 aromatic carbocycles. The van der Waals surface area contributed by atoms with E-state index in [9.17, 15) is 9.59 Å². The van der Waals surface area contributed by atoms with Gasteiger partial charge in [-0.25, -0.2) is 0 Å². The Labute approximate surface area is 179 Å². The number of amides is 2. The number of para-hydroxylation sites is 3. The van der Waals surface area contributed by atoms with Crippen molar-refractivity contribution in [3.63, 3.8) is 0 Å². The zero-order chi connectivity index (χ0) is 19.9. The van der Waals surface area contributed by atoms with Crippen LogP contribution in [0.25, 0.3) is 0 Å². The maximum Gasteiger partial charge on any atom is 0.257 e. The molecule has 5 nitrogen and oxygen atoms in total. The number of rotatable bonds is 8. The third kappa shape index (κ3) is 5.37. The highest BCUT2D eigenvalue weighted by molar-refractivity contribution is 6.17. The van der Waals surface area contributed by atoms with Gasteiger partial charge < -0.3 is 10.2 Å². The van der Waals surface area contributed by atoms with Crippen LogP contribution >= 0.6 is 12.4 Å². The van der Waals surface area contributed by atoms with Crippen LogP contribution in [0.4, 0.5) is 17.1 Å². The van der Waals surface area contributed by atoms with Gasteiger partial charge in [0.1, 0.15) is 0 Å². The molecule has 0 spiro atoms. The number of benzene rings is 2. The van der Waals surface area contributed by atoms with Crippen molar-refractivity contribution in [1.82, 2.24) is 4.90 Å². The topological polar surface area (TPSA) is 52.7 Å². The number of carbonyl (C=O) groups is 2. The minimum Gasteiger partial charge on any atom is -0.320 e. The number of nitrogens with zero attached hydrogens (tertiary/aromatic N) is 2. The third-order valence-corrected chi connectivity index (χ3v) is 5.29. The van der Waals surface area contributed by atoms with Crippen molar-refractivity contribution in [3.05, 3.63) is 54.1 Å². The van der Waals surface area contributed by atoms with E-state index in [0.717, 1.165) is 44.6 Å². The zero-order valence-electron chi connectivity index (χ0n) is 17.2. The number of hydrogen-bond acceptors (Lipinski definition) is 3. The second-order valence-corrected chi connectivity index (χ2v) is 7.06. The number of hydrogen-bond donors (Lipinski definition) is 1. The predicted molar refractivity (Wildman–Crippen MR) is 121 cm³/mol. The van der Waals surface area contributed by atoms with Gasteiger partial charge in [0.15, 0.2) is 0 Å². The first-order valence-electron chi connectivity index (χ1n) is 10.2. The van der Waals surface area contributed by atoms with Crippen molar-refractivity contribution in [3.8, 4) is 0 Å². The van der Waals surface area contributed by atoms with Crippen LogP contribution in [0.2, 0.25) is 0 Å². The first-order valence-corrected chi connectivity index (χ1v) is 10.2. The maximum atomic E-state index is 13.2. The van der Waals surface area contributed by atoms with E-state index >= 15 is 0 Å². The Hall–Kier alpha value is -2.37. The van der Waals surface area contributed by atoms with Crippen LogP contribution in [0, 0.1) is 0 Å². The molecular formula is C23H30ClN3O2. The highest BCUT2D eigenvalue weighted by atomic mass is 35.5. The first kappa shape index (κ1) is 22.9. The van der Waals surface area contributed by atoms with Gasteiger partial charge in [-0.3, -0.25) is 14.5 Å². The van der Waals surface area contributed by atoms with E-state index in [0.29, 0.717) is 23.4 Å². The summed E-state index contributed by atoms with van der Waals surface area (Å²) in [6.45, 7) is 7.57. The molecule has 0 radical (unpaired) electrons. The lowest BCUT2D eigenvalue weighted by molar-refractivity contribution is -0.118. The van der Waals surface area contributed by atoms with E-state index in [1.54, 1.807) is 11.0 Å². The minimum absolute atomic E-state index is 0. The van der Waals surface area contributed by atoms with E-state index in [4.69, 9.17) is 0 Å². The molecule has 0 saturated carbocycles. The predicted octanol–water partition coefficient (Wildman–Crippen LogP) is 5.24. The number of anilines is 3. The highest BCUT2D eigenvalue weighted by Gasteiger charge is 2.28. The summed E-state index contributed by atoms with van der Waals surface area (Å²) in [5.74, 6) is -0.156. The molecule has 6 heteroatoms. The van der Waals surface area contributed by atoms with Gasteiger partial charge >= 0.3 is 0 Å². The SMILES string of the molecule is CCN(CC)CCCCCC(=O)N1c2ccccc2NC(=O)c2ccccc21.Cl. The van der Waals surface area contributed by atoms with Crippen LogP contribution in [-0.4, -0.2) is 36.3 Å². The van der Waals surface area contributed by atoms with Gasteiger partial charge in [-0.05, 0) is 56.7 Å². The average Bonchev–Trinajstić information content (AvgIpc) is 2.84. The molecule has 0 saturated heterocycles. The summed E-state index contributed by atoms with van der Waals surface area (Å²) in [6, 6.07) is 14.8. The minimum atomic E-state index is -0.183. The molecule has 0 unspecified atom stereocenters. The molecule has 3 rings (SSSR count).